The largest absolute Gasteiger partial charge is 0.344 e. The lowest BCUT2D eigenvalue weighted by Crippen LogP contribution is -2.34. The van der Waals surface area contributed by atoms with E-state index in [0.29, 0.717) is 6.04 Å². The molecule has 1 fully saturated rings. The van der Waals surface area contributed by atoms with Gasteiger partial charge in [0, 0.05) is 54.0 Å². The third-order valence-electron chi connectivity index (χ3n) is 6.35. The highest BCUT2D eigenvalue weighted by Gasteiger charge is 2.40. The number of pyridine rings is 1. The lowest BCUT2D eigenvalue weighted by molar-refractivity contribution is 0.222. The van der Waals surface area contributed by atoms with E-state index < -0.39 is 0 Å². The summed E-state index contributed by atoms with van der Waals surface area (Å²) >= 11 is 0. The van der Waals surface area contributed by atoms with Crippen LogP contribution >= 0.6 is 0 Å². The molecular formula is C22H25N3. The predicted octanol–water partition coefficient (Wildman–Crippen LogP) is 4.28. The lowest BCUT2D eigenvalue weighted by atomic mass is 9.97. The Hall–Kier alpha value is -2.13. The van der Waals surface area contributed by atoms with E-state index in [9.17, 15) is 0 Å². The van der Waals surface area contributed by atoms with Crippen LogP contribution in [0.2, 0.25) is 0 Å². The summed E-state index contributed by atoms with van der Waals surface area (Å²) in [4.78, 5) is 6.77. The SMILES string of the molecule is Cc1ccc2c(c1)c1c(n2CCc2ccncc2)CC2CCC1N2C. The van der Waals surface area contributed by atoms with Crippen molar-refractivity contribution in [2.24, 2.45) is 0 Å². The molecule has 2 bridgehead atoms. The number of aromatic nitrogens is 2. The zero-order chi connectivity index (χ0) is 17.0. The van der Waals surface area contributed by atoms with Crippen LogP contribution in [0.25, 0.3) is 10.9 Å². The van der Waals surface area contributed by atoms with Gasteiger partial charge in [-0.05, 0) is 68.6 Å². The monoisotopic (exact) mass is 331 g/mol. The van der Waals surface area contributed by atoms with E-state index in [2.05, 4.69) is 58.8 Å². The molecule has 2 aliphatic rings. The van der Waals surface area contributed by atoms with Gasteiger partial charge in [-0.2, -0.15) is 0 Å². The van der Waals surface area contributed by atoms with Gasteiger partial charge < -0.3 is 4.57 Å². The van der Waals surface area contributed by atoms with Gasteiger partial charge in [0.25, 0.3) is 0 Å². The first-order chi connectivity index (χ1) is 12.2. The summed E-state index contributed by atoms with van der Waals surface area (Å²) in [5.74, 6) is 0. The minimum atomic E-state index is 0.611. The molecule has 0 aliphatic carbocycles. The number of hydrogen-bond acceptors (Lipinski definition) is 2. The molecule has 0 N–H and O–H groups in total. The molecule has 25 heavy (non-hydrogen) atoms. The summed E-state index contributed by atoms with van der Waals surface area (Å²) in [7, 11) is 2.32. The molecule has 2 aliphatic heterocycles. The van der Waals surface area contributed by atoms with E-state index in [-0.39, 0.29) is 0 Å². The van der Waals surface area contributed by atoms with Crippen molar-refractivity contribution in [3.8, 4) is 0 Å². The molecule has 2 aromatic heterocycles. The molecule has 0 amide bonds. The number of hydrogen-bond donors (Lipinski definition) is 0. The van der Waals surface area contributed by atoms with E-state index in [1.54, 1.807) is 11.3 Å². The van der Waals surface area contributed by atoms with Crippen molar-refractivity contribution >= 4 is 10.9 Å². The molecule has 2 atom stereocenters. The van der Waals surface area contributed by atoms with Crippen LogP contribution in [0, 0.1) is 6.92 Å². The van der Waals surface area contributed by atoms with Crippen LogP contribution in [-0.2, 0) is 19.4 Å². The van der Waals surface area contributed by atoms with E-state index in [1.165, 1.54) is 41.3 Å². The second-order valence-electron chi connectivity index (χ2n) is 7.75. The fourth-order valence-corrected chi connectivity index (χ4v) is 5.01. The molecular weight excluding hydrogens is 306 g/mol. The van der Waals surface area contributed by atoms with Gasteiger partial charge in [-0.1, -0.05) is 11.6 Å². The van der Waals surface area contributed by atoms with Gasteiger partial charge in [0.05, 0.1) is 0 Å². The average molecular weight is 331 g/mol. The van der Waals surface area contributed by atoms with Crippen LogP contribution in [-0.4, -0.2) is 27.5 Å². The maximum atomic E-state index is 4.14. The fourth-order valence-electron chi connectivity index (χ4n) is 5.01. The van der Waals surface area contributed by atoms with Gasteiger partial charge in [0.2, 0.25) is 0 Å². The molecule has 3 aromatic rings. The summed E-state index contributed by atoms with van der Waals surface area (Å²) in [5, 5.41) is 1.49. The van der Waals surface area contributed by atoms with Crippen LogP contribution in [0.1, 0.15) is 41.3 Å². The Morgan fingerprint density at radius 3 is 2.80 bits per heavy atom. The van der Waals surface area contributed by atoms with Crippen molar-refractivity contribution < 1.29 is 0 Å². The molecule has 4 heterocycles. The van der Waals surface area contributed by atoms with Crippen molar-refractivity contribution in [1.29, 1.82) is 0 Å². The Bertz CT molecular complexity index is 925. The number of nitrogens with zero attached hydrogens (tertiary/aromatic N) is 3. The van der Waals surface area contributed by atoms with Crippen molar-refractivity contribution in [3.05, 3.63) is 65.1 Å². The van der Waals surface area contributed by atoms with Crippen molar-refractivity contribution in [2.45, 2.75) is 51.2 Å². The molecule has 3 nitrogen and oxygen atoms in total. The van der Waals surface area contributed by atoms with Crippen molar-refractivity contribution in [2.75, 3.05) is 7.05 Å². The molecule has 5 rings (SSSR count). The molecule has 3 heteroatoms. The first kappa shape index (κ1) is 15.2. The third-order valence-corrected chi connectivity index (χ3v) is 6.35. The molecule has 0 saturated carbocycles. The Labute approximate surface area is 149 Å². The topological polar surface area (TPSA) is 21.1 Å². The molecule has 128 valence electrons. The molecule has 0 spiro atoms. The Morgan fingerprint density at radius 1 is 1.12 bits per heavy atom. The highest BCUT2D eigenvalue weighted by molar-refractivity contribution is 5.87. The standard InChI is InChI=1S/C22H25N3/c1-15-3-5-19-18(13-15)22-20-6-4-17(24(20)2)14-21(22)25(19)12-9-16-7-10-23-11-8-16/h3,5,7-8,10-11,13,17,20H,4,6,9,12,14H2,1-2H3. The summed E-state index contributed by atoms with van der Waals surface area (Å²) in [6.07, 6.45) is 8.72. The number of likely N-dealkylation sites (N-methyl/N-ethyl adjacent to an activating group) is 1. The van der Waals surface area contributed by atoms with Crippen LogP contribution < -0.4 is 0 Å². The summed E-state index contributed by atoms with van der Waals surface area (Å²) in [5.41, 5.74) is 7.37. The smallest absolute Gasteiger partial charge is 0.0486 e. The van der Waals surface area contributed by atoms with Crippen LogP contribution in [0.15, 0.2) is 42.7 Å². The maximum Gasteiger partial charge on any atom is 0.0486 e. The maximum absolute atomic E-state index is 4.14. The molecule has 0 radical (unpaired) electrons. The van der Waals surface area contributed by atoms with E-state index in [0.717, 1.165) is 19.0 Å². The Kier molecular flexibility index (Phi) is 3.46. The van der Waals surface area contributed by atoms with Gasteiger partial charge in [-0.15, -0.1) is 0 Å². The van der Waals surface area contributed by atoms with E-state index in [4.69, 9.17) is 0 Å². The minimum absolute atomic E-state index is 0.611. The Balaban J connectivity index is 1.62. The zero-order valence-electron chi connectivity index (χ0n) is 15.1. The fraction of sp³-hybridized carbons (Fsp3) is 0.409. The quantitative estimate of drug-likeness (QED) is 0.714. The highest BCUT2D eigenvalue weighted by atomic mass is 15.2. The normalized spacial score (nSPS) is 22.5. The molecule has 1 aromatic carbocycles. The first-order valence-corrected chi connectivity index (χ1v) is 9.45. The minimum Gasteiger partial charge on any atom is -0.344 e. The number of fused-ring (bicyclic) bond motifs is 6. The number of benzene rings is 1. The van der Waals surface area contributed by atoms with Gasteiger partial charge >= 0.3 is 0 Å². The first-order valence-electron chi connectivity index (χ1n) is 9.45. The number of rotatable bonds is 3. The third kappa shape index (κ3) is 2.33. The average Bonchev–Trinajstić information content (AvgIpc) is 3.04. The van der Waals surface area contributed by atoms with Gasteiger partial charge in [0.1, 0.15) is 0 Å². The second-order valence-corrected chi connectivity index (χ2v) is 7.75. The van der Waals surface area contributed by atoms with Crippen LogP contribution in [0.4, 0.5) is 0 Å². The lowest BCUT2D eigenvalue weighted by Gasteiger charge is -2.32. The van der Waals surface area contributed by atoms with Crippen LogP contribution in [0.3, 0.4) is 0 Å². The summed E-state index contributed by atoms with van der Waals surface area (Å²) in [6, 6.07) is 12.6. The van der Waals surface area contributed by atoms with E-state index >= 15 is 0 Å². The Morgan fingerprint density at radius 2 is 1.96 bits per heavy atom. The molecule has 1 saturated heterocycles. The van der Waals surface area contributed by atoms with Crippen molar-refractivity contribution in [1.82, 2.24) is 14.5 Å². The second kappa shape index (κ2) is 5.70. The summed E-state index contributed by atoms with van der Waals surface area (Å²) in [6.45, 7) is 3.27. The predicted molar refractivity (Wildman–Crippen MR) is 102 cm³/mol. The van der Waals surface area contributed by atoms with Gasteiger partial charge in [0.15, 0.2) is 0 Å². The summed E-state index contributed by atoms with van der Waals surface area (Å²) < 4.78 is 2.61. The van der Waals surface area contributed by atoms with Crippen LogP contribution in [0.5, 0.6) is 0 Å². The zero-order valence-corrected chi connectivity index (χ0v) is 15.1. The number of aryl methyl sites for hydroxylation is 3. The van der Waals surface area contributed by atoms with Gasteiger partial charge in [-0.25, -0.2) is 0 Å². The molecule has 2 unspecified atom stereocenters. The van der Waals surface area contributed by atoms with Crippen molar-refractivity contribution in [3.63, 3.8) is 0 Å². The highest BCUT2D eigenvalue weighted by Crippen LogP contribution is 2.46. The van der Waals surface area contributed by atoms with E-state index in [1.807, 2.05) is 12.4 Å². The van der Waals surface area contributed by atoms with Gasteiger partial charge in [-0.3, -0.25) is 9.88 Å².